The van der Waals surface area contributed by atoms with Crippen LogP contribution in [0.2, 0.25) is 5.02 Å². The third-order valence-electron chi connectivity index (χ3n) is 2.12. The Labute approximate surface area is 110 Å². The summed E-state index contributed by atoms with van der Waals surface area (Å²) in [6, 6.07) is 6.51. The standard InChI is InChI=1S/C12H15ClN2O3/c1-18-8-2-7-14-11(16)12(17)15-10-5-3-9(13)4-6-10/h3-6H,2,7-8H2,1H3,(H,14,16)(H,15,17). The van der Waals surface area contributed by atoms with Crippen molar-refractivity contribution in [1.29, 1.82) is 0 Å². The summed E-state index contributed by atoms with van der Waals surface area (Å²) in [6.07, 6.45) is 0.663. The highest BCUT2D eigenvalue weighted by atomic mass is 35.5. The molecule has 18 heavy (non-hydrogen) atoms. The molecular formula is C12H15ClN2O3. The van der Waals surface area contributed by atoms with Gasteiger partial charge in [-0.2, -0.15) is 0 Å². The highest BCUT2D eigenvalue weighted by Crippen LogP contribution is 2.12. The maximum absolute atomic E-state index is 11.5. The summed E-state index contributed by atoms with van der Waals surface area (Å²) in [7, 11) is 1.58. The van der Waals surface area contributed by atoms with Gasteiger partial charge < -0.3 is 15.4 Å². The molecule has 0 spiro atoms. The lowest BCUT2D eigenvalue weighted by molar-refractivity contribution is -0.136. The van der Waals surface area contributed by atoms with Crippen molar-refractivity contribution in [2.24, 2.45) is 0 Å². The average molecular weight is 271 g/mol. The van der Waals surface area contributed by atoms with Crippen molar-refractivity contribution in [2.45, 2.75) is 6.42 Å². The van der Waals surface area contributed by atoms with Crippen LogP contribution in [0.5, 0.6) is 0 Å². The van der Waals surface area contributed by atoms with Gasteiger partial charge in [-0.15, -0.1) is 0 Å². The van der Waals surface area contributed by atoms with E-state index < -0.39 is 11.8 Å². The van der Waals surface area contributed by atoms with E-state index in [1.807, 2.05) is 0 Å². The van der Waals surface area contributed by atoms with Crippen LogP contribution in [-0.2, 0) is 14.3 Å². The molecule has 2 amide bonds. The maximum Gasteiger partial charge on any atom is 0.313 e. The number of ether oxygens (including phenoxy) is 1. The van der Waals surface area contributed by atoms with Crippen molar-refractivity contribution in [3.63, 3.8) is 0 Å². The summed E-state index contributed by atoms with van der Waals surface area (Å²) >= 11 is 5.71. The van der Waals surface area contributed by atoms with Gasteiger partial charge in [-0.3, -0.25) is 9.59 Å². The van der Waals surface area contributed by atoms with Gasteiger partial charge in [-0.25, -0.2) is 0 Å². The number of rotatable bonds is 5. The number of methoxy groups -OCH3 is 1. The van der Waals surface area contributed by atoms with E-state index in [9.17, 15) is 9.59 Å². The van der Waals surface area contributed by atoms with Gasteiger partial charge >= 0.3 is 11.8 Å². The minimum Gasteiger partial charge on any atom is -0.385 e. The number of carbonyl (C=O) groups excluding carboxylic acids is 2. The monoisotopic (exact) mass is 270 g/mol. The molecule has 2 N–H and O–H groups in total. The van der Waals surface area contributed by atoms with Crippen LogP contribution >= 0.6 is 11.6 Å². The van der Waals surface area contributed by atoms with E-state index in [-0.39, 0.29) is 0 Å². The van der Waals surface area contributed by atoms with E-state index in [2.05, 4.69) is 10.6 Å². The minimum atomic E-state index is -0.699. The molecule has 0 aromatic heterocycles. The van der Waals surface area contributed by atoms with Crippen molar-refractivity contribution in [2.75, 3.05) is 25.6 Å². The Morgan fingerprint density at radius 2 is 1.89 bits per heavy atom. The zero-order valence-electron chi connectivity index (χ0n) is 10.0. The second-order valence-corrected chi connectivity index (χ2v) is 4.00. The number of nitrogens with one attached hydrogen (secondary N) is 2. The van der Waals surface area contributed by atoms with Crippen LogP contribution in [0.4, 0.5) is 5.69 Å². The molecule has 0 heterocycles. The van der Waals surface area contributed by atoms with Crippen LogP contribution < -0.4 is 10.6 Å². The van der Waals surface area contributed by atoms with Crippen molar-refractivity contribution >= 4 is 29.1 Å². The quantitative estimate of drug-likeness (QED) is 0.628. The normalized spacial score (nSPS) is 9.89. The predicted octanol–water partition coefficient (Wildman–Crippen LogP) is 1.43. The van der Waals surface area contributed by atoms with Crippen molar-refractivity contribution in [3.05, 3.63) is 29.3 Å². The fraction of sp³-hybridized carbons (Fsp3) is 0.333. The molecule has 0 aliphatic heterocycles. The number of hydrogen-bond acceptors (Lipinski definition) is 3. The van der Waals surface area contributed by atoms with Gasteiger partial charge in [0.2, 0.25) is 0 Å². The first-order valence-corrected chi connectivity index (χ1v) is 5.85. The van der Waals surface area contributed by atoms with Crippen LogP contribution in [0.25, 0.3) is 0 Å². The van der Waals surface area contributed by atoms with Crippen molar-refractivity contribution in [3.8, 4) is 0 Å². The first kappa shape index (κ1) is 14.5. The minimum absolute atomic E-state index is 0.403. The number of anilines is 1. The molecule has 0 saturated carbocycles. The van der Waals surface area contributed by atoms with E-state index in [1.54, 1.807) is 31.4 Å². The Hall–Kier alpha value is -1.59. The number of carbonyl (C=O) groups is 2. The van der Waals surface area contributed by atoms with Crippen molar-refractivity contribution < 1.29 is 14.3 Å². The predicted molar refractivity (Wildman–Crippen MR) is 69.6 cm³/mol. The lowest BCUT2D eigenvalue weighted by atomic mass is 10.3. The summed E-state index contributed by atoms with van der Waals surface area (Å²) in [5, 5.41) is 5.53. The maximum atomic E-state index is 11.5. The molecule has 0 saturated heterocycles. The number of hydrogen-bond donors (Lipinski definition) is 2. The number of amides is 2. The fourth-order valence-corrected chi connectivity index (χ4v) is 1.35. The molecule has 5 nitrogen and oxygen atoms in total. The smallest absolute Gasteiger partial charge is 0.313 e. The van der Waals surface area contributed by atoms with Crippen molar-refractivity contribution in [1.82, 2.24) is 5.32 Å². The Morgan fingerprint density at radius 1 is 1.22 bits per heavy atom. The van der Waals surface area contributed by atoms with Crippen LogP contribution in [0.3, 0.4) is 0 Å². The molecule has 0 aliphatic carbocycles. The third kappa shape index (κ3) is 5.16. The molecule has 1 aromatic rings. The van der Waals surface area contributed by atoms with E-state index in [4.69, 9.17) is 16.3 Å². The Kier molecular flexibility index (Phi) is 6.18. The molecular weight excluding hydrogens is 256 g/mol. The molecule has 0 atom stereocenters. The summed E-state index contributed by atoms with van der Waals surface area (Å²) in [5.74, 6) is -1.37. The van der Waals surface area contributed by atoms with E-state index in [0.717, 1.165) is 0 Å². The molecule has 0 aliphatic rings. The second-order valence-electron chi connectivity index (χ2n) is 3.56. The zero-order valence-corrected chi connectivity index (χ0v) is 10.8. The average Bonchev–Trinajstić information content (AvgIpc) is 2.37. The SMILES string of the molecule is COCCCNC(=O)C(=O)Nc1ccc(Cl)cc1. The van der Waals surface area contributed by atoms with E-state index >= 15 is 0 Å². The molecule has 0 fully saturated rings. The first-order valence-electron chi connectivity index (χ1n) is 5.47. The Bertz CT molecular complexity index is 406. The summed E-state index contributed by atoms with van der Waals surface area (Å²) in [6.45, 7) is 0.944. The van der Waals surface area contributed by atoms with Gasteiger partial charge in [0.1, 0.15) is 0 Å². The van der Waals surface area contributed by atoms with Gasteiger partial charge in [-0.05, 0) is 30.7 Å². The summed E-state index contributed by atoms with van der Waals surface area (Å²) in [4.78, 5) is 22.9. The Morgan fingerprint density at radius 3 is 2.50 bits per heavy atom. The first-order chi connectivity index (χ1) is 8.63. The molecule has 0 unspecified atom stereocenters. The zero-order chi connectivity index (χ0) is 13.4. The fourth-order valence-electron chi connectivity index (χ4n) is 1.22. The molecule has 1 aromatic carbocycles. The van der Waals surface area contributed by atoms with Gasteiger partial charge in [0, 0.05) is 31.0 Å². The highest BCUT2D eigenvalue weighted by molar-refractivity contribution is 6.39. The molecule has 1 rings (SSSR count). The van der Waals surface area contributed by atoms with Crippen LogP contribution in [0.15, 0.2) is 24.3 Å². The van der Waals surface area contributed by atoms with Crippen LogP contribution in [0.1, 0.15) is 6.42 Å². The summed E-state index contributed by atoms with van der Waals surface area (Å²) in [5.41, 5.74) is 0.524. The number of benzene rings is 1. The second kappa shape index (κ2) is 7.68. The van der Waals surface area contributed by atoms with Gasteiger partial charge in [0.25, 0.3) is 0 Å². The van der Waals surface area contributed by atoms with Crippen LogP contribution in [0, 0.1) is 0 Å². The van der Waals surface area contributed by atoms with Gasteiger partial charge in [0.15, 0.2) is 0 Å². The lowest BCUT2D eigenvalue weighted by Gasteiger charge is -2.06. The molecule has 6 heteroatoms. The summed E-state index contributed by atoms with van der Waals surface area (Å²) < 4.78 is 4.83. The highest BCUT2D eigenvalue weighted by Gasteiger charge is 2.12. The largest absolute Gasteiger partial charge is 0.385 e. The van der Waals surface area contributed by atoms with E-state index in [0.29, 0.717) is 30.3 Å². The third-order valence-corrected chi connectivity index (χ3v) is 2.37. The van der Waals surface area contributed by atoms with E-state index in [1.165, 1.54) is 0 Å². The molecule has 0 radical (unpaired) electrons. The number of halogens is 1. The van der Waals surface area contributed by atoms with Crippen LogP contribution in [-0.4, -0.2) is 32.1 Å². The Balaban J connectivity index is 2.35. The van der Waals surface area contributed by atoms with Gasteiger partial charge in [-0.1, -0.05) is 11.6 Å². The molecule has 0 bridgehead atoms. The topological polar surface area (TPSA) is 67.4 Å². The lowest BCUT2D eigenvalue weighted by Crippen LogP contribution is -2.36. The molecule has 98 valence electrons. The van der Waals surface area contributed by atoms with Gasteiger partial charge in [0.05, 0.1) is 0 Å².